The van der Waals surface area contributed by atoms with E-state index in [1.54, 1.807) is 0 Å². The number of fused-ring (bicyclic) bond motifs is 2. The average molecular weight is 255 g/mol. The lowest BCUT2D eigenvalue weighted by molar-refractivity contribution is 0.326. The van der Waals surface area contributed by atoms with Crippen LogP contribution in [0.5, 0.6) is 0 Å². The summed E-state index contributed by atoms with van der Waals surface area (Å²) in [6, 6.07) is 11.6. The van der Waals surface area contributed by atoms with Gasteiger partial charge in [0.05, 0.1) is 11.6 Å². The van der Waals surface area contributed by atoms with Crippen molar-refractivity contribution in [1.82, 2.24) is 0 Å². The Labute approximate surface area is 115 Å². The number of anilines is 1. The molecule has 2 atom stereocenters. The van der Waals surface area contributed by atoms with Crippen molar-refractivity contribution in [1.29, 1.82) is 5.26 Å². The summed E-state index contributed by atoms with van der Waals surface area (Å²) in [5.41, 5.74) is 7.74. The second kappa shape index (κ2) is 5.22. The van der Waals surface area contributed by atoms with Crippen molar-refractivity contribution in [2.24, 2.45) is 11.7 Å². The molecule has 0 radical (unpaired) electrons. The molecule has 2 fully saturated rings. The molecule has 0 amide bonds. The average Bonchev–Trinajstić information content (AvgIpc) is 2.71. The van der Waals surface area contributed by atoms with Gasteiger partial charge in [0.2, 0.25) is 0 Å². The topological polar surface area (TPSA) is 53.0 Å². The van der Waals surface area contributed by atoms with Crippen LogP contribution < -0.4 is 10.6 Å². The Bertz CT molecular complexity index is 460. The van der Waals surface area contributed by atoms with Crippen LogP contribution in [-0.4, -0.2) is 18.6 Å². The molecule has 3 rings (SSSR count). The SMILES string of the molecule is N#Cc1ccc(N2C3CCC2CC(CCN)C3)cc1. The predicted octanol–water partition coefficient (Wildman–Crippen LogP) is 2.65. The fourth-order valence-corrected chi connectivity index (χ4v) is 3.89. The van der Waals surface area contributed by atoms with Crippen LogP contribution in [0, 0.1) is 17.2 Å². The van der Waals surface area contributed by atoms with Gasteiger partial charge in [-0.05, 0) is 68.8 Å². The molecule has 1 aromatic carbocycles. The van der Waals surface area contributed by atoms with E-state index in [9.17, 15) is 0 Å². The van der Waals surface area contributed by atoms with Crippen molar-refractivity contribution in [2.45, 2.75) is 44.2 Å². The number of hydrogen-bond acceptors (Lipinski definition) is 3. The Kier molecular flexibility index (Phi) is 3.44. The maximum atomic E-state index is 8.87. The predicted molar refractivity (Wildman–Crippen MR) is 76.8 cm³/mol. The number of nitrogens with two attached hydrogens (primary N) is 1. The zero-order valence-corrected chi connectivity index (χ0v) is 11.3. The smallest absolute Gasteiger partial charge is 0.0991 e. The van der Waals surface area contributed by atoms with Gasteiger partial charge in [-0.2, -0.15) is 5.26 Å². The molecule has 2 unspecified atom stereocenters. The summed E-state index contributed by atoms with van der Waals surface area (Å²) in [5.74, 6) is 0.817. The van der Waals surface area contributed by atoms with E-state index in [4.69, 9.17) is 11.0 Å². The van der Waals surface area contributed by atoms with E-state index in [1.807, 2.05) is 12.1 Å². The standard InChI is InChI=1S/C16H21N3/c17-8-7-13-9-15-5-6-16(10-13)19(15)14-3-1-12(11-18)2-4-14/h1-4,13,15-16H,5-10,17H2. The summed E-state index contributed by atoms with van der Waals surface area (Å²) in [6.45, 7) is 0.820. The zero-order chi connectivity index (χ0) is 13.2. The number of hydrogen-bond donors (Lipinski definition) is 1. The molecule has 2 bridgehead atoms. The molecule has 1 aromatic rings. The van der Waals surface area contributed by atoms with Gasteiger partial charge in [0.15, 0.2) is 0 Å². The molecule has 2 N–H and O–H groups in total. The molecule has 2 heterocycles. The fourth-order valence-electron chi connectivity index (χ4n) is 3.89. The van der Waals surface area contributed by atoms with Crippen molar-refractivity contribution in [3.05, 3.63) is 29.8 Å². The van der Waals surface area contributed by atoms with Crippen LogP contribution in [0.15, 0.2) is 24.3 Å². The minimum Gasteiger partial charge on any atom is -0.366 e. The van der Waals surface area contributed by atoms with Gasteiger partial charge in [-0.15, -0.1) is 0 Å². The first-order valence-electron chi connectivity index (χ1n) is 7.30. The van der Waals surface area contributed by atoms with Gasteiger partial charge in [0.1, 0.15) is 0 Å². The van der Waals surface area contributed by atoms with Gasteiger partial charge < -0.3 is 10.6 Å². The van der Waals surface area contributed by atoms with E-state index in [1.165, 1.54) is 37.8 Å². The van der Waals surface area contributed by atoms with Crippen LogP contribution in [0.1, 0.15) is 37.7 Å². The second-order valence-electron chi connectivity index (χ2n) is 5.87. The highest BCUT2D eigenvalue weighted by Gasteiger charge is 2.40. The third kappa shape index (κ3) is 2.33. The zero-order valence-electron chi connectivity index (χ0n) is 11.3. The van der Waals surface area contributed by atoms with E-state index in [0.717, 1.165) is 18.0 Å². The number of piperidine rings is 1. The second-order valence-corrected chi connectivity index (χ2v) is 5.87. The Balaban J connectivity index is 1.77. The van der Waals surface area contributed by atoms with Gasteiger partial charge in [0.25, 0.3) is 0 Å². The summed E-state index contributed by atoms with van der Waals surface area (Å²) < 4.78 is 0. The molecule has 2 aliphatic heterocycles. The Morgan fingerprint density at radius 1 is 1.16 bits per heavy atom. The van der Waals surface area contributed by atoms with Crippen molar-refractivity contribution in [3.8, 4) is 6.07 Å². The first-order valence-corrected chi connectivity index (χ1v) is 7.30. The molecule has 19 heavy (non-hydrogen) atoms. The van der Waals surface area contributed by atoms with Crippen molar-refractivity contribution < 1.29 is 0 Å². The highest BCUT2D eigenvalue weighted by Crippen LogP contribution is 2.42. The maximum Gasteiger partial charge on any atom is 0.0991 e. The lowest BCUT2D eigenvalue weighted by Gasteiger charge is -2.40. The van der Waals surface area contributed by atoms with Crippen molar-refractivity contribution in [2.75, 3.05) is 11.4 Å². The van der Waals surface area contributed by atoms with E-state index in [-0.39, 0.29) is 0 Å². The molecule has 2 aliphatic rings. The molecule has 2 saturated heterocycles. The third-order valence-electron chi connectivity index (χ3n) is 4.70. The quantitative estimate of drug-likeness (QED) is 0.903. The Hall–Kier alpha value is -1.53. The maximum absolute atomic E-state index is 8.87. The number of rotatable bonds is 3. The summed E-state index contributed by atoms with van der Waals surface area (Å²) in [5, 5.41) is 8.87. The summed E-state index contributed by atoms with van der Waals surface area (Å²) in [6.07, 6.45) is 6.37. The van der Waals surface area contributed by atoms with Gasteiger partial charge >= 0.3 is 0 Å². The first kappa shape index (κ1) is 12.5. The fraction of sp³-hybridized carbons (Fsp3) is 0.562. The first-order chi connectivity index (χ1) is 9.31. The van der Waals surface area contributed by atoms with Gasteiger partial charge in [-0.25, -0.2) is 0 Å². The van der Waals surface area contributed by atoms with E-state index >= 15 is 0 Å². The lowest BCUT2D eigenvalue weighted by Crippen LogP contribution is -2.43. The van der Waals surface area contributed by atoms with Gasteiger partial charge in [0, 0.05) is 17.8 Å². The number of nitrogens with zero attached hydrogens (tertiary/aromatic N) is 2. The summed E-state index contributed by atoms with van der Waals surface area (Å²) in [7, 11) is 0. The van der Waals surface area contributed by atoms with Crippen molar-refractivity contribution >= 4 is 5.69 Å². The molecular formula is C16H21N3. The summed E-state index contributed by atoms with van der Waals surface area (Å²) in [4.78, 5) is 2.59. The molecule has 0 aliphatic carbocycles. The Morgan fingerprint density at radius 2 is 1.79 bits per heavy atom. The van der Waals surface area contributed by atoms with Gasteiger partial charge in [-0.3, -0.25) is 0 Å². The normalized spacial score (nSPS) is 29.3. The Morgan fingerprint density at radius 3 is 2.32 bits per heavy atom. The largest absolute Gasteiger partial charge is 0.366 e. The molecule has 3 heteroatoms. The highest BCUT2D eigenvalue weighted by atomic mass is 15.2. The van der Waals surface area contributed by atoms with Crippen LogP contribution in [0.4, 0.5) is 5.69 Å². The van der Waals surface area contributed by atoms with Crippen LogP contribution in [-0.2, 0) is 0 Å². The summed E-state index contributed by atoms with van der Waals surface area (Å²) >= 11 is 0. The number of benzene rings is 1. The van der Waals surface area contributed by atoms with Crippen LogP contribution in [0.2, 0.25) is 0 Å². The minimum atomic E-state index is 0.684. The van der Waals surface area contributed by atoms with E-state index in [2.05, 4.69) is 23.1 Å². The van der Waals surface area contributed by atoms with E-state index in [0.29, 0.717) is 12.1 Å². The molecule has 0 saturated carbocycles. The van der Waals surface area contributed by atoms with E-state index < -0.39 is 0 Å². The van der Waals surface area contributed by atoms with Crippen LogP contribution in [0.3, 0.4) is 0 Å². The van der Waals surface area contributed by atoms with Crippen LogP contribution >= 0.6 is 0 Å². The van der Waals surface area contributed by atoms with Crippen molar-refractivity contribution in [3.63, 3.8) is 0 Å². The molecule has 0 spiro atoms. The molecule has 0 aromatic heterocycles. The highest BCUT2D eigenvalue weighted by molar-refractivity contribution is 5.52. The monoisotopic (exact) mass is 255 g/mol. The molecule has 100 valence electrons. The van der Waals surface area contributed by atoms with Gasteiger partial charge in [-0.1, -0.05) is 0 Å². The molecular weight excluding hydrogens is 234 g/mol. The third-order valence-corrected chi connectivity index (χ3v) is 4.70. The minimum absolute atomic E-state index is 0.684. The van der Waals surface area contributed by atoms with Crippen LogP contribution in [0.25, 0.3) is 0 Å². The lowest BCUT2D eigenvalue weighted by atomic mass is 9.88. The molecule has 3 nitrogen and oxygen atoms in total. The number of nitriles is 1.